The predicted octanol–water partition coefficient (Wildman–Crippen LogP) is 1.12. The van der Waals surface area contributed by atoms with E-state index in [1.807, 2.05) is 0 Å². The molecule has 21 heavy (non-hydrogen) atoms. The second-order valence-electron chi connectivity index (χ2n) is 6.01. The molecule has 0 heterocycles. The number of aliphatic hydroxyl groups is 3. The number of allylic oxidation sites excluding steroid dienone is 3. The molecule has 0 saturated heterocycles. The predicted molar refractivity (Wildman–Crippen MR) is 74.4 cm³/mol. The van der Waals surface area contributed by atoms with Crippen molar-refractivity contribution in [1.82, 2.24) is 0 Å². The molecule has 5 nitrogen and oxygen atoms in total. The number of carbonyl (C=O) groups excluding carboxylic acids is 2. The molecule has 0 aliphatic heterocycles. The zero-order chi connectivity index (χ0) is 15.4. The van der Waals surface area contributed by atoms with Gasteiger partial charge in [-0.1, -0.05) is 19.1 Å². The van der Waals surface area contributed by atoms with Crippen molar-refractivity contribution in [2.24, 2.45) is 5.41 Å². The molecule has 1 saturated carbocycles. The van der Waals surface area contributed by atoms with Crippen LogP contribution < -0.4 is 0 Å². The van der Waals surface area contributed by atoms with Gasteiger partial charge in [0.25, 0.3) is 0 Å². The van der Waals surface area contributed by atoms with Gasteiger partial charge in [-0.2, -0.15) is 0 Å². The molecule has 1 unspecified atom stereocenters. The number of ketones is 2. The van der Waals surface area contributed by atoms with Gasteiger partial charge in [0, 0.05) is 12.0 Å². The van der Waals surface area contributed by atoms with Crippen molar-refractivity contribution in [1.29, 1.82) is 0 Å². The number of hydrogen-bond acceptors (Lipinski definition) is 5. The van der Waals surface area contributed by atoms with Crippen LogP contribution in [0.3, 0.4) is 0 Å². The van der Waals surface area contributed by atoms with Crippen molar-refractivity contribution in [2.45, 2.75) is 44.3 Å². The van der Waals surface area contributed by atoms with Crippen molar-refractivity contribution >= 4 is 11.6 Å². The van der Waals surface area contributed by atoms with E-state index in [1.54, 1.807) is 19.1 Å². The molecule has 3 aliphatic carbocycles. The Hall–Kier alpha value is -1.72. The molecule has 3 N–H and O–H groups in total. The lowest BCUT2D eigenvalue weighted by Gasteiger charge is -2.55. The number of aliphatic hydroxyl groups excluding tert-OH is 2. The third-order valence-corrected chi connectivity index (χ3v) is 5.22. The third-order valence-electron chi connectivity index (χ3n) is 5.22. The summed E-state index contributed by atoms with van der Waals surface area (Å²) in [6.45, 7) is 1.75. The van der Waals surface area contributed by atoms with Crippen LogP contribution in [0, 0.1) is 5.41 Å². The molecule has 5 heteroatoms. The van der Waals surface area contributed by atoms with Gasteiger partial charge >= 0.3 is 0 Å². The minimum absolute atomic E-state index is 0.0976. The SMILES string of the molecule is CC[C@@]12C3=C(O)C(=O)C=CC3=CC[C@]1(O)CCC(=O)C2O. The molecule has 0 radical (unpaired) electrons. The van der Waals surface area contributed by atoms with Crippen LogP contribution in [-0.4, -0.2) is 38.6 Å². The van der Waals surface area contributed by atoms with Crippen molar-refractivity contribution in [3.63, 3.8) is 0 Å². The highest BCUT2D eigenvalue weighted by atomic mass is 16.3. The summed E-state index contributed by atoms with van der Waals surface area (Å²) in [5.41, 5.74) is -1.83. The Kier molecular flexibility index (Phi) is 2.97. The molecule has 3 atom stereocenters. The van der Waals surface area contributed by atoms with E-state index in [9.17, 15) is 24.9 Å². The number of hydrogen-bond donors (Lipinski definition) is 3. The lowest BCUT2D eigenvalue weighted by atomic mass is 9.51. The molecule has 3 aliphatic rings. The summed E-state index contributed by atoms with van der Waals surface area (Å²) in [4.78, 5) is 23.8. The van der Waals surface area contributed by atoms with Gasteiger partial charge in [0.1, 0.15) is 6.10 Å². The lowest BCUT2D eigenvalue weighted by molar-refractivity contribution is -0.172. The van der Waals surface area contributed by atoms with Gasteiger partial charge in [-0.3, -0.25) is 9.59 Å². The Bertz CT molecular complexity index is 627. The van der Waals surface area contributed by atoms with Crippen LogP contribution in [0.2, 0.25) is 0 Å². The normalized spacial score (nSPS) is 39.0. The lowest BCUT2D eigenvalue weighted by Crippen LogP contribution is -2.63. The molecule has 3 rings (SSSR count). The maximum Gasteiger partial charge on any atom is 0.220 e. The van der Waals surface area contributed by atoms with Crippen LogP contribution in [0.25, 0.3) is 0 Å². The molecule has 112 valence electrons. The topological polar surface area (TPSA) is 94.8 Å². The highest BCUT2D eigenvalue weighted by molar-refractivity contribution is 6.06. The molecular formula is C16H18O5. The quantitative estimate of drug-likeness (QED) is 0.672. The zero-order valence-electron chi connectivity index (χ0n) is 11.8. The van der Waals surface area contributed by atoms with E-state index in [1.165, 1.54) is 6.08 Å². The first-order valence-corrected chi connectivity index (χ1v) is 7.17. The van der Waals surface area contributed by atoms with Gasteiger partial charge in [-0.05, 0) is 30.9 Å². The van der Waals surface area contributed by atoms with Crippen LogP contribution in [0.1, 0.15) is 32.6 Å². The fourth-order valence-corrected chi connectivity index (χ4v) is 4.08. The van der Waals surface area contributed by atoms with Gasteiger partial charge in [-0.15, -0.1) is 0 Å². The number of rotatable bonds is 1. The van der Waals surface area contributed by atoms with Gasteiger partial charge in [-0.25, -0.2) is 0 Å². The van der Waals surface area contributed by atoms with E-state index >= 15 is 0 Å². The summed E-state index contributed by atoms with van der Waals surface area (Å²) in [6, 6.07) is 0. The summed E-state index contributed by atoms with van der Waals surface area (Å²) in [6.07, 6.45) is 4.03. The van der Waals surface area contributed by atoms with Gasteiger partial charge in [0.05, 0.1) is 11.0 Å². The van der Waals surface area contributed by atoms with Crippen LogP contribution in [0.5, 0.6) is 0 Å². The van der Waals surface area contributed by atoms with E-state index in [0.717, 1.165) is 0 Å². The summed E-state index contributed by atoms with van der Waals surface area (Å²) < 4.78 is 0. The highest BCUT2D eigenvalue weighted by Crippen LogP contribution is 2.58. The van der Waals surface area contributed by atoms with E-state index in [4.69, 9.17) is 0 Å². The van der Waals surface area contributed by atoms with E-state index < -0.39 is 28.7 Å². The Balaban J connectivity index is 2.32. The summed E-state index contributed by atoms with van der Waals surface area (Å²) in [5.74, 6) is -1.40. The van der Waals surface area contributed by atoms with E-state index in [0.29, 0.717) is 5.57 Å². The Labute approximate surface area is 122 Å². The van der Waals surface area contributed by atoms with Crippen LogP contribution >= 0.6 is 0 Å². The fraction of sp³-hybridized carbons (Fsp3) is 0.500. The largest absolute Gasteiger partial charge is 0.504 e. The minimum atomic E-state index is -1.42. The maximum atomic E-state index is 12.0. The average Bonchev–Trinajstić information content (AvgIpc) is 2.47. The van der Waals surface area contributed by atoms with Gasteiger partial charge in [0.15, 0.2) is 11.5 Å². The number of carbonyl (C=O) groups is 2. The summed E-state index contributed by atoms with van der Waals surface area (Å²) in [7, 11) is 0. The van der Waals surface area contributed by atoms with Crippen molar-refractivity contribution in [3.05, 3.63) is 35.1 Å². The zero-order valence-corrected chi connectivity index (χ0v) is 11.8. The maximum absolute atomic E-state index is 12.0. The molecule has 0 amide bonds. The van der Waals surface area contributed by atoms with E-state index in [2.05, 4.69) is 0 Å². The average molecular weight is 290 g/mol. The van der Waals surface area contributed by atoms with Gasteiger partial charge in [0.2, 0.25) is 5.78 Å². The minimum Gasteiger partial charge on any atom is -0.504 e. The Morgan fingerprint density at radius 3 is 2.71 bits per heavy atom. The summed E-state index contributed by atoms with van der Waals surface area (Å²) in [5, 5.41) is 31.8. The molecule has 1 fully saturated rings. The van der Waals surface area contributed by atoms with Crippen LogP contribution in [0.15, 0.2) is 35.1 Å². The molecule has 0 aromatic carbocycles. The van der Waals surface area contributed by atoms with Crippen LogP contribution in [-0.2, 0) is 9.59 Å². The third kappa shape index (κ3) is 1.59. The standard InChI is InChI=1S/C16H18O5/c1-2-16-12-9(3-4-10(17)13(12)19)5-7-15(16,21)8-6-11(18)14(16)20/h3-5,14,19-21H,2,6-8H2,1H3/t14?,15-,16-/m0/s1. The molecule has 0 bridgehead atoms. The van der Waals surface area contributed by atoms with Crippen LogP contribution in [0.4, 0.5) is 0 Å². The second kappa shape index (κ2) is 4.39. The van der Waals surface area contributed by atoms with E-state index in [-0.39, 0.29) is 37.0 Å². The summed E-state index contributed by atoms with van der Waals surface area (Å²) >= 11 is 0. The Morgan fingerprint density at radius 1 is 1.33 bits per heavy atom. The molecule has 0 aromatic rings. The number of fused-ring (bicyclic) bond motifs is 3. The first kappa shape index (κ1) is 14.2. The highest BCUT2D eigenvalue weighted by Gasteiger charge is 2.63. The smallest absolute Gasteiger partial charge is 0.220 e. The van der Waals surface area contributed by atoms with Crippen molar-refractivity contribution < 1.29 is 24.9 Å². The molecular weight excluding hydrogens is 272 g/mol. The second-order valence-corrected chi connectivity index (χ2v) is 6.01. The Morgan fingerprint density at radius 2 is 2.05 bits per heavy atom. The van der Waals surface area contributed by atoms with Crippen molar-refractivity contribution in [3.8, 4) is 0 Å². The molecule has 0 aromatic heterocycles. The monoisotopic (exact) mass is 290 g/mol. The fourth-order valence-electron chi connectivity index (χ4n) is 4.08. The molecule has 0 spiro atoms. The number of Topliss-reactive ketones (excluding diaryl/α,β-unsaturated/α-hetero) is 1. The first-order chi connectivity index (χ1) is 9.87. The first-order valence-electron chi connectivity index (χ1n) is 7.17. The van der Waals surface area contributed by atoms with Gasteiger partial charge < -0.3 is 15.3 Å². The van der Waals surface area contributed by atoms with Crippen molar-refractivity contribution in [2.75, 3.05) is 0 Å².